The molecule has 5 heteroatoms. The zero-order chi connectivity index (χ0) is 10.6. The third kappa shape index (κ3) is 1.30. The van der Waals surface area contributed by atoms with Crippen LogP contribution in [0.15, 0.2) is 6.20 Å². The van der Waals surface area contributed by atoms with Gasteiger partial charge in [-0.1, -0.05) is 0 Å². The highest BCUT2D eigenvalue weighted by atomic mass is 16.1. The van der Waals surface area contributed by atoms with Crippen molar-refractivity contribution in [1.29, 1.82) is 0 Å². The number of amides is 1. The zero-order valence-corrected chi connectivity index (χ0v) is 8.44. The van der Waals surface area contributed by atoms with Crippen molar-refractivity contribution < 1.29 is 4.79 Å². The molecule has 2 aliphatic rings. The van der Waals surface area contributed by atoms with E-state index in [2.05, 4.69) is 5.10 Å². The summed E-state index contributed by atoms with van der Waals surface area (Å²) < 4.78 is 1.76. The third-order valence-corrected chi connectivity index (χ3v) is 3.68. The Morgan fingerprint density at radius 1 is 1.67 bits per heavy atom. The van der Waals surface area contributed by atoms with Crippen molar-refractivity contribution in [2.24, 2.45) is 17.1 Å². The van der Waals surface area contributed by atoms with Gasteiger partial charge in [-0.15, -0.1) is 0 Å². The van der Waals surface area contributed by atoms with Gasteiger partial charge in [-0.05, 0) is 30.6 Å². The minimum absolute atomic E-state index is 0.195. The zero-order valence-electron chi connectivity index (χ0n) is 8.44. The first-order valence-electron chi connectivity index (χ1n) is 5.23. The molecule has 1 unspecified atom stereocenters. The fraction of sp³-hybridized carbons (Fsp3) is 0.600. The Bertz CT molecular complexity index is 433. The number of hydrogen-bond donors (Lipinski definition) is 2. The van der Waals surface area contributed by atoms with E-state index in [0.29, 0.717) is 11.1 Å². The number of nitrogen functional groups attached to an aromatic ring is 1. The molecule has 4 N–H and O–H groups in total. The van der Waals surface area contributed by atoms with Gasteiger partial charge >= 0.3 is 0 Å². The normalized spacial score (nSPS) is 25.5. The lowest BCUT2D eigenvalue weighted by Crippen LogP contribution is -2.14. The van der Waals surface area contributed by atoms with Crippen molar-refractivity contribution in [3.63, 3.8) is 0 Å². The van der Waals surface area contributed by atoms with Gasteiger partial charge in [-0.2, -0.15) is 5.10 Å². The summed E-state index contributed by atoms with van der Waals surface area (Å²) in [5.74, 6) is 0.181. The molecule has 0 bridgehead atoms. The summed E-state index contributed by atoms with van der Waals surface area (Å²) in [7, 11) is 0. The molecule has 80 valence electrons. The Morgan fingerprint density at radius 2 is 2.40 bits per heavy atom. The summed E-state index contributed by atoms with van der Waals surface area (Å²) >= 11 is 0. The maximum Gasteiger partial charge on any atom is 0.271 e. The molecule has 2 aliphatic carbocycles. The molecule has 1 aromatic rings. The van der Waals surface area contributed by atoms with Crippen LogP contribution < -0.4 is 11.5 Å². The lowest BCUT2D eigenvalue weighted by Gasteiger charge is -1.98. The van der Waals surface area contributed by atoms with E-state index in [-0.39, 0.29) is 5.69 Å². The fourth-order valence-corrected chi connectivity index (χ4v) is 2.41. The number of carbonyl (C=O) groups is 1. The monoisotopic (exact) mass is 206 g/mol. The highest BCUT2D eigenvalue weighted by molar-refractivity contribution is 5.95. The van der Waals surface area contributed by atoms with E-state index in [1.54, 1.807) is 10.9 Å². The first kappa shape index (κ1) is 8.76. The fourth-order valence-electron chi connectivity index (χ4n) is 2.41. The first-order chi connectivity index (χ1) is 7.11. The Labute approximate surface area is 87.4 Å². The van der Waals surface area contributed by atoms with Crippen molar-refractivity contribution in [2.75, 3.05) is 5.73 Å². The molecular formula is C10H14N4O. The second-order valence-corrected chi connectivity index (χ2v) is 4.78. The molecule has 0 radical (unpaired) electrons. The predicted molar refractivity (Wildman–Crippen MR) is 54.9 cm³/mol. The van der Waals surface area contributed by atoms with Crippen LogP contribution in [-0.4, -0.2) is 15.7 Å². The largest absolute Gasteiger partial charge is 0.396 e. The van der Waals surface area contributed by atoms with Crippen molar-refractivity contribution in [3.05, 3.63) is 11.9 Å². The molecule has 2 saturated carbocycles. The van der Waals surface area contributed by atoms with Gasteiger partial charge in [0.05, 0.1) is 5.69 Å². The number of carbonyl (C=O) groups excluding carboxylic acids is 1. The van der Waals surface area contributed by atoms with E-state index in [0.717, 1.165) is 12.5 Å². The maximum absolute atomic E-state index is 10.9. The summed E-state index contributed by atoms with van der Waals surface area (Å²) in [5.41, 5.74) is 12.0. The highest BCUT2D eigenvalue weighted by Crippen LogP contribution is 2.70. The maximum atomic E-state index is 10.9. The number of nitrogens with two attached hydrogens (primary N) is 2. The van der Waals surface area contributed by atoms with Gasteiger partial charge in [0.1, 0.15) is 0 Å². The Hall–Kier alpha value is -1.52. The van der Waals surface area contributed by atoms with Gasteiger partial charge in [0.15, 0.2) is 5.69 Å². The molecule has 0 aliphatic heterocycles. The first-order valence-corrected chi connectivity index (χ1v) is 5.23. The molecule has 15 heavy (non-hydrogen) atoms. The number of nitrogens with zero attached hydrogens (tertiary/aromatic N) is 2. The Kier molecular flexibility index (Phi) is 1.48. The van der Waals surface area contributed by atoms with E-state index >= 15 is 0 Å². The summed E-state index contributed by atoms with van der Waals surface area (Å²) in [5, 5.41) is 4.10. The molecule has 1 spiro atoms. The smallest absolute Gasteiger partial charge is 0.271 e. The van der Waals surface area contributed by atoms with Crippen LogP contribution in [-0.2, 0) is 6.54 Å². The number of hydrogen-bond acceptors (Lipinski definition) is 3. The van der Waals surface area contributed by atoms with E-state index < -0.39 is 5.91 Å². The van der Waals surface area contributed by atoms with Crippen LogP contribution in [0.4, 0.5) is 5.69 Å². The van der Waals surface area contributed by atoms with Gasteiger partial charge in [0, 0.05) is 12.7 Å². The second-order valence-electron chi connectivity index (χ2n) is 4.78. The van der Waals surface area contributed by atoms with Crippen molar-refractivity contribution >= 4 is 11.6 Å². The molecular weight excluding hydrogens is 192 g/mol. The van der Waals surface area contributed by atoms with Crippen molar-refractivity contribution in [1.82, 2.24) is 9.78 Å². The van der Waals surface area contributed by atoms with Gasteiger partial charge in [-0.25, -0.2) is 0 Å². The quantitative estimate of drug-likeness (QED) is 0.748. The van der Waals surface area contributed by atoms with E-state index in [9.17, 15) is 4.79 Å². The topological polar surface area (TPSA) is 86.9 Å². The van der Waals surface area contributed by atoms with E-state index in [1.807, 2.05) is 0 Å². The van der Waals surface area contributed by atoms with Gasteiger partial charge in [0.2, 0.25) is 0 Å². The third-order valence-electron chi connectivity index (χ3n) is 3.68. The molecule has 0 saturated heterocycles. The Morgan fingerprint density at radius 3 is 2.87 bits per heavy atom. The average molecular weight is 206 g/mol. The minimum Gasteiger partial charge on any atom is -0.396 e. The SMILES string of the molecule is NC(=O)c1nn(CC2CC23CC3)cc1N. The van der Waals surface area contributed by atoms with E-state index in [1.165, 1.54) is 19.3 Å². The number of aromatic nitrogens is 2. The molecule has 0 aromatic carbocycles. The lowest BCUT2D eigenvalue weighted by atomic mass is 10.3. The minimum atomic E-state index is -0.553. The highest BCUT2D eigenvalue weighted by Gasteiger charge is 2.62. The molecule has 1 atom stereocenters. The van der Waals surface area contributed by atoms with Crippen LogP contribution in [0.1, 0.15) is 29.8 Å². The number of anilines is 1. The van der Waals surface area contributed by atoms with Crippen LogP contribution in [0.25, 0.3) is 0 Å². The molecule has 2 fully saturated rings. The number of rotatable bonds is 3. The van der Waals surface area contributed by atoms with Gasteiger partial charge < -0.3 is 11.5 Å². The predicted octanol–water partition coefficient (Wildman–Crippen LogP) is 0.364. The van der Waals surface area contributed by atoms with Crippen LogP contribution in [0.5, 0.6) is 0 Å². The summed E-state index contributed by atoms with van der Waals surface area (Å²) in [6.45, 7) is 0.872. The summed E-state index contributed by atoms with van der Waals surface area (Å²) in [6.07, 6.45) is 5.72. The van der Waals surface area contributed by atoms with Crippen LogP contribution in [0, 0.1) is 11.3 Å². The van der Waals surface area contributed by atoms with E-state index in [4.69, 9.17) is 11.5 Å². The molecule has 3 rings (SSSR count). The van der Waals surface area contributed by atoms with Crippen LogP contribution in [0.2, 0.25) is 0 Å². The number of primary amides is 1. The molecule has 1 heterocycles. The summed E-state index contributed by atoms with van der Waals surface area (Å²) in [6, 6.07) is 0. The summed E-state index contributed by atoms with van der Waals surface area (Å²) in [4.78, 5) is 10.9. The van der Waals surface area contributed by atoms with Gasteiger partial charge in [0.25, 0.3) is 5.91 Å². The van der Waals surface area contributed by atoms with Crippen LogP contribution >= 0.6 is 0 Å². The Balaban J connectivity index is 1.75. The molecule has 5 nitrogen and oxygen atoms in total. The molecule has 1 aromatic heterocycles. The standard InChI is InChI=1S/C10H14N4O/c11-7-5-14(13-8(7)9(12)15)4-6-3-10(6)1-2-10/h5-6H,1-4,11H2,(H2,12,15). The van der Waals surface area contributed by atoms with Crippen molar-refractivity contribution in [3.8, 4) is 0 Å². The lowest BCUT2D eigenvalue weighted by molar-refractivity contribution is 0.0995. The van der Waals surface area contributed by atoms with Crippen LogP contribution in [0.3, 0.4) is 0 Å². The molecule has 1 amide bonds. The van der Waals surface area contributed by atoms with Gasteiger partial charge in [-0.3, -0.25) is 9.48 Å². The second kappa shape index (κ2) is 2.53. The average Bonchev–Trinajstić information content (AvgIpc) is 3.02. The van der Waals surface area contributed by atoms with Crippen molar-refractivity contribution in [2.45, 2.75) is 25.8 Å².